The Morgan fingerprint density at radius 3 is 2.35 bits per heavy atom. The molecule has 0 aromatic heterocycles. The molecule has 104 valence electrons. The molecule has 0 spiro atoms. The van der Waals surface area contributed by atoms with Gasteiger partial charge in [-0.2, -0.15) is 0 Å². The summed E-state index contributed by atoms with van der Waals surface area (Å²) >= 11 is 0. The minimum absolute atomic E-state index is 0.0822. The number of rotatable bonds is 5. The SMILES string of the molecule is CC(=O)c1ccccc1-c1ccc(CCC(C)O)cc1. The first-order chi connectivity index (χ1) is 9.58. The summed E-state index contributed by atoms with van der Waals surface area (Å²) in [6.07, 6.45) is 1.36. The van der Waals surface area contributed by atoms with Crippen molar-refractivity contribution in [2.75, 3.05) is 0 Å². The van der Waals surface area contributed by atoms with Crippen molar-refractivity contribution in [1.29, 1.82) is 0 Å². The van der Waals surface area contributed by atoms with Gasteiger partial charge in [-0.3, -0.25) is 4.79 Å². The minimum Gasteiger partial charge on any atom is -0.393 e. The van der Waals surface area contributed by atoms with Crippen molar-refractivity contribution in [3.8, 4) is 11.1 Å². The zero-order chi connectivity index (χ0) is 14.5. The lowest BCUT2D eigenvalue weighted by molar-refractivity contribution is 0.101. The summed E-state index contributed by atoms with van der Waals surface area (Å²) in [6, 6.07) is 15.9. The zero-order valence-electron chi connectivity index (χ0n) is 12.0. The molecule has 1 atom stereocenters. The van der Waals surface area contributed by atoms with E-state index in [1.54, 1.807) is 13.8 Å². The maximum atomic E-state index is 11.7. The molecule has 2 rings (SSSR count). The average Bonchev–Trinajstić information content (AvgIpc) is 2.45. The highest BCUT2D eigenvalue weighted by atomic mass is 16.3. The highest BCUT2D eigenvalue weighted by molar-refractivity contribution is 6.00. The fraction of sp³-hybridized carbons (Fsp3) is 0.278. The van der Waals surface area contributed by atoms with Crippen molar-refractivity contribution in [1.82, 2.24) is 0 Å². The molecule has 0 saturated heterocycles. The van der Waals surface area contributed by atoms with E-state index in [1.165, 1.54) is 5.56 Å². The molecule has 1 unspecified atom stereocenters. The first-order valence-corrected chi connectivity index (χ1v) is 6.95. The third-order valence-corrected chi connectivity index (χ3v) is 3.42. The lowest BCUT2D eigenvalue weighted by Crippen LogP contribution is -2.01. The van der Waals surface area contributed by atoms with Crippen LogP contribution in [0.1, 0.15) is 36.2 Å². The van der Waals surface area contributed by atoms with Gasteiger partial charge in [0.2, 0.25) is 0 Å². The van der Waals surface area contributed by atoms with E-state index < -0.39 is 0 Å². The summed E-state index contributed by atoms with van der Waals surface area (Å²) in [6.45, 7) is 3.40. The molecule has 0 saturated carbocycles. The second kappa shape index (κ2) is 6.49. The molecule has 2 heteroatoms. The minimum atomic E-state index is -0.270. The third-order valence-electron chi connectivity index (χ3n) is 3.42. The van der Waals surface area contributed by atoms with Crippen molar-refractivity contribution < 1.29 is 9.90 Å². The van der Waals surface area contributed by atoms with E-state index in [-0.39, 0.29) is 11.9 Å². The van der Waals surface area contributed by atoms with E-state index >= 15 is 0 Å². The van der Waals surface area contributed by atoms with E-state index in [2.05, 4.69) is 12.1 Å². The van der Waals surface area contributed by atoms with Crippen molar-refractivity contribution in [2.45, 2.75) is 32.8 Å². The number of hydrogen-bond acceptors (Lipinski definition) is 2. The molecule has 0 bridgehead atoms. The second-order valence-electron chi connectivity index (χ2n) is 5.19. The Morgan fingerprint density at radius 2 is 1.75 bits per heavy atom. The first kappa shape index (κ1) is 14.5. The lowest BCUT2D eigenvalue weighted by atomic mass is 9.96. The van der Waals surface area contributed by atoms with Gasteiger partial charge >= 0.3 is 0 Å². The molecule has 20 heavy (non-hydrogen) atoms. The van der Waals surface area contributed by atoms with Gasteiger partial charge in [0.25, 0.3) is 0 Å². The van der Waals surface area contributed by atoms with Gasteiger partial charge < -0.3 is 5.11 Å². The van der Waals surface area contributed by atoms with Crippen LogP contribution in [0.15, 0.2) is 48.5 Å². The van der Waals surface area contributed by atoms with Crippen molar-refractivity contribution in [3.05, 3.63) is 59.7 Å². The van der Waals surface area contributed by atoms with Gasteiger partial charge in [0.1, 0.15) is 0 Å². The maximum Gasteiger partial charge on any atom is 0.160 e. The molecule has 0 aliphatic rings. The number of ketones is 1. The number of aryl methyl sites for hydroxylation is 1. The van der Waals surface area contributed by atoms with Crippen LogP contribution in [0.4, 0.5) is 0 Å². The molecular formula is C18H20O2. The Labute approximate surface area is 120 Å². The Hall–Kier alpha value is -1.93. The summed E-state index contributed by atoms with van der Waals surface area (Å²) in [5.74, 6) is 0.0822. The monoisotopic (exact) mass is 268 g/mol. The fourth-order valence-electron chi connectivity index (χ4n) is 2.27. The number of hydrogen-bond donors (Lipinski definition) is 1. The first-order valence-electron chi connectivity index (χ1n) is 6.95. The standard InChI is InChI=1S/C18H20O2/c1-13(19)7-8-15-9-11-16(12-10-15)18-6-4-3-5-17(18)14(2)20/h3-6,9-13,19H,7-8H2,1-2H3. The van der Waals surface area contributed by atoms with Gasteiger partial charge in [-0.15, -0.1) is 0 Å². The van der Waals surface area contributed by atoms with Crippen molar-refractivity contribution in [2.24, 2.45) is 0 Å². The predicted molar refractivity (Wildman–Crippen MR) is 81.9 cm³/mol. The summed E-state index contributed by atoms with van der Waals surface area (Å²) in [5, 5.41) is 9.31. The van der Waals surface area contributed by atoms with Crippen LogP contribution < -0.4 is 0 Å². The number of aliphatic hydroxyl groups excluding tert-OH is 1. The van der Waals surface area contributed by atoms with Crippen LogP contribution in [-0.2, 0) is 6.42 Å². The lowest BCUT2D eigenvalue weighted by Gasteiger charge is -2.09. The molecule has 0 fully saturated rings. The van der Waals surface area contributed by atoms with Gasteiger partial charge in [0.15, 0.2) is 5.78 Å². The van der Waals surface area contributed by atoms with Crippen LogP contribution in [0.3, 0.4) is 0 Å². The van der Waals surface area contributed by atoms with Crippen LogP contribution in [-0.4, -0.2) is 17.0 Å². The molecule has 0 aliphatic carbocycles. The molecule has 0 aliphatic heterocycles. The number of benzene rings is 2. The van der Waals surface area contributed by atoms with Crippen molar-refractivity contribution in [3.63, 3.8) is 0 Å². The molecular weight excluding hydrogens is 248 g/mol. The number of aliphatic hydroxyl groups is 1. The van der Waals surface area contributed by atoms with Gasteiger partial charge in [0, 0.05) is 5.56 Å². The van der Waals surface area contributed by atoms with Crippen LogP contribution in [0.2, 0.25) is 0 Å². The highest BCUT2D eigenvalue weighted by Gasteiger charge is 2.08. The molecule has 0 heterocycles. The fourth-order valence-corrected chi connectivity index (χ4v) is 2.27. The van der Waals surface area contributed by atoms with Gasteiger partial charge in [-0.25, -0.2) is 0 Å². The molecule has 1 N–H and O–H groups in total. The third kappa shape index (κ3) is 3.55. The predicted octanol–water partition coefficient (Wildman–Crippen LogP) is 3.87. The molecule has 2 aromatic rings. The number of Topliss-reactive ketones (excluding diaryl/α,β-unsaturated/α-hetero) is 1. The van der Waals surface area contributed by atoms with Crippen LogP contribution >= 0.6 is 0 Å². The molecule has 0 radical (unpaired) electrons. The summed E-state index contributed by atoms with van der Waals surface area (Å²) in [5.41, 5.74) is 3.98. The zero-order valence-corrected chi connectivity index (χ0v) is 12.0. The second-order valence-corrected chi connectivity index (χ2v) is 5.19. The summed E-state index contributed by atoms with van der Waals surface area (Å²) in [4.78, 5) is 11.7. The molecule has 0 amide bonds. The summed E-state index contributed by atoms with van der Waals surface area (Å²) < 4.78 is 0. The van der Waals surface area contributed by atoms with Crippen molar-refractivity contribution >= 4 is 5.78 Å². The Kier molecular flexibility index (Phi) is 4.70. The average molecular weight is 268 g/mol. The number of carbonyl (C=O) groups excluding carboxylic acids is 1. The topological polar surface area (TPSA) is 37.3 Å². The van der Waals surface area contributed by atoms with Crippen LogP contribution in [0.25, 0.3) is 11.1 Å². The quantitative estimate of drug-likeness (QED) is 0.836. The highest BCUT2D eigenvalue weighted by Crippen LogP contribution is 2.24. The number of carbonyl (C=O) groups is 1. The summed E-state index contributed by atoms with van der Waals surface area (Å²) in [7, 11) is 0. The van der Waals surface area contributed by atoms with Gasteiger partial charge in [-0.05, 0) is 43.4 Å². The van der Waals surface area contributed by atoms with Gasteiger partial charge in [-0.1, -0.05) is 48.5 Å². The van der Waals surface area contributed by atoms with E-state index in [4.69, 9.17) is 0 Å². The van der Waals surface area contributed by atoms with Crippen LogP contribution in [0.5, 0.6) is 0 Å². The Morgan fingerprint density at radius 1 is 1.10 bits per heavy atom. The normalized spacial score (nSPS) is 12.2. The molecule has 2 aromatic carbocycles. The van der Waals surface area contributed by atoms with Gasteiger partial charge in [0.05, 0.1) is 6.10 Å². The maximum absolute atomic E-state index is 11.7. The van der Waals surface area contributed by atoms with E-state index in [1.807, 2.05) is 36.4 Å². The Balaban J connectivity index is 2.24. The van der Waals surface area contributed by atoms with Crippen LogP contribution in [0, 0.1) is 0 Å². The Bertz CT molecular complexity index is 583. The smallest absolute Gasteiger partial charge is 0.160 e. The molecule has 2 nitrogen and oxygen atoms in total. The largest absolute Gasteiger partial charge is 0.393 e. The van der Waals surface area contributed by atoms with E-state index in [0.717, 1.165) is 29.5 Å². The van der Waals surface area contributed by atoms with E-state index in [9.17, 15) is 9.90 Å². The van der Waals surface area contributed by atoms with E-state index in [0.29, 0.717) is 0 Å².